The zero-order valence-corrected chi connectivity index (χ0v) is 8.53. The molecule has 0 aromatic rings. The average Bonchev–Trinajstić information content (AvgIpc) is 2.48. The molecule has 15 heavy (non-hydrogen) atoms. The van der Waals surface area contributed by atoms with Crippen molar-refractivity contribution < 1.29 is 34.7 Å². The van der Waals surface area contributed by atoms with Gasteiger partial charge < -0.3 is 20.4 Å². The second-order valence-corrected chi connectivity index (χ2v) is 5.79. The van der Waals surface area contributed by atoms with Crippen LogP contribution in [0, 0.1) is 5.92 Å². The minimum Gasteiger partial charge on any atom is -0.390 e. The summed E-state index contributed by atoms with van der Waals surface area (Å²) in [4.78, 5) is 22.2. The van der Waals surface area contributed by atoms with Crippen molar-refractivity contribution in [1.82, 2.24) is 0 Å². The lowest BCUT2D eigenvalue weighted by molar-refractivity contribution is -0.186. The van der Waals surface area contributed by atoms with Crippen LogP contribution in [0.15, 0.2) is 0 Å². The van der Waals surface area contributed by atoms with Gasteiger partial charge >= 0.3 is 7.94 Å². The van der Waals surface area contributed by atoms with E-state index in [1.54, 1.807) is 0 Å². The molecule has 1 aliphatic heterocycles. The van der Waals surface area contributed by atoms with Gasteiger partial charge in [0.25, 0.3) is 0 Å². The van der Waals surface area contributed by atoms with Crippen molar-refractivity contribution >= 4 is 7.94 Å². The van der Waals surface area contributed by atoms with Crippen molar-refractivity contribution in [1.29, 1.82) is 0 Å². The third kappa shape index (κ3) is 1.79. The molecule has 6 atom stereocenters. The Hall–Kier alpha value is 0.150. The second kappa shape index (κ2) is 3.58. The van der Waals surface area contributed by atoms with Gasteiger partial charge in [-0.15, -0.1) is 0 Å². The van der Waals surface area contributed by atoms with Crippen LogP contribution >= 0.6 is 7.94 Å². The Kier molecular flexibility index (Phi) is 2.77. The molecular formula is C7H12O7P+. The topological polar surface area (TPSA) is 130 Å². The summed E-state index contributed by atoms with van der Waals surface area (Å²) in [6.45, 7) is 0. The zero-order chi connectivity index (χ0) is 11.4. The van der Waals surface area contributed by atoms with Crippen LogP contribution in [0.1, 0.15) is 0 Å². The average molecular weight is 239 g/mol. The summed E-state index contributed by atoms with van der Waals surface area (Å²) >= 11 is 0. The lowest BCUT2D eigenvalue weighted by atomic mass is 9.79. The molecule has 1 saturated heterocycles. The molecule has 0 amide bonds. The van der Waals surface area contributed by atoms with Crippen LogP contribution in [0.25, 0.3) is 0 Å². The predicted molar refractivity (Wildman–Crippen MR) is 45.6 cm³/mol. The van der Waals surface area contributed by atoms with E-state index >= 15 is 0 Å². The lowest BCUT2D eigenvalue weighted by Crippen LogP contribution is -2.60. The van der Waals surface area contributed by atoms with E-state index in [-0.39, 0.29) is 0 Å². The van der Waals surface area contributed by atoms with Crippen molar-refractivity contribution in [2.75, 3.05) is 6.16 Å². The number of aliphatic hydroxyl groups excluding tert-OH is 4. The Bertz CT molecular complexity index is 236. The quantitative estimate of drug-likeness (QED) is 0.366. The SMILES string of the molecule is [O][P+]1([O])C[C@@H]2[C@H](O)[C@@H](O)[C@H](O)[C@@H](O)[C@@H]2O1. The molecule has 2 rings (SSSR count). The van der Waals surface area contributed by atoms with E-state index in [4.69, 9.17) is 0 Å². The summed E-state index contributed by atoms with van der Waals surface area (Å²) in [6.07, 6.45) is -7.65. The van der Waals surface area contributed by atoms with E-state index < -0.39 is 50.5 Å². The van der Waals surface area contributed by atoms with E-state index in [1.807, 2.05) is 0 Å². The Balaban J connectivity index is 2.23. The number of rotatable bonds is 0. The molecule has 0 unspecified atom stereocenters. The first-order chi connectivity index (χ1) is 6.83. The lowest BCUT2D eigenvalue weighted by Gasteiger charge is -2.37. The Labute approximate surface area is 86.1 Å². The van der Waals surface area contributed by atoms with E-state index in [0.29, 0.717) is 0 Å². The first-order valence-corrected chi connectivity index (χ1v) is 6.27. The Morgan fingerprint density at radius 1 is 0.933 bits per heavy atom. The standard InChI is InChI=1S/C7H12O7P/c8-3-2-1-15(12,13)14-7(2)6(11)5(10)4(3)9/h2-11H,1H2/q+1/t2-,3+,4-,5+,6-,7-/m1/s1. The van der Waals surface area contributed by atoms with Gasteiger partial charge in [-0.05, 0) is 0 Å². The van der Waals surface area contributed by atoms with E-state index in [0.717, 1.165) is 0 Å². The summed E-state index contributed by atoms with van der Waals surface area (Å²) in [5, 5.41) is 37.6. The number of aliphatic hydroxyl groups is 4. The third-order valence-electron chi connectivity index (χ3n) is 2.96. The van der Waals surface area contributed by atoms with Crippen molar-refractivity contribution in [3.63, 3.8) is 0 Å². The molecule has 1 aliphatic carbocycles. The van der Waals surface area contributed by atoms with Gasteiger partial charge in [0.05, 0.1) is 12.0 Å². The first kappa shape index (κ1) is 11.6. The molecule has 2 radical (unpaired) electrons. The summed E-state index contributed by atoms with van der Waals surface area (Å²) < 4.78 is 4.57. The van der Waals surface area contributed by atoms with Gasteiger partial charge in [0.2, 0.25) is 0 Å². The largest absolute Gasteiger partial charge is 0.498 e. The van der Waals surface area contributed by atoms with Crippen LogP contribution in [-0.4, -0.2) is 57.1 Å². The fourth-order valence-electron chi connectivity index (χ4n) is 2.14. The first-order valence-electron chi connectivity index (χ1n) is 4.54. The van der Waals surface area contributed by atoms with Gasteiger partial charge in [-0.3, -0.25) is 0 Å². The molecule has 0 aromatic heterocycles. The third-order valence-corrected chi connectivity index (χ3v) is 4.40. The van der Waals surface area contributed by atoms with Crippen LogP contribution in [0.5, 0.6) is 0 Å². The minimum atomic E-state index is -4.07. The minimum absolute atomic E-state index is 0.431. The maximum absolute atomic E-state index is 11.1. The van der Waals surface area contributed by atoms with Crippen molar-refractivity contribution in [3.05, 3.63) is 0 Å². The van der Waals surface area contributed by atoms with Crippen LogP contribution in [0.3, 0.4) is 0 Å². The fraction of sp³-hybridized carbons (Fsp3) is 1.00. The molecular weight excluding hydrogens is 227 g/mol. The fourth-order valence-corrected chi connectivity index (χ4v) is 3.82. The summed E-state index contributed by atoms with van der Waals surface area (Å²) in [5.74, 6) is -0.887. The molecule has 1 saturated carbocycles. The molecule has 0 aromatic carbocycles. The van der Waals surface area contributed by atoms with Gasteiger partial charge in [-0.2, -0.15) is 4.52 Å². The summed E-state index contributed by atoms with van der Waals surface area (Å²) in [6, 6.07) is 0. The van der Waals surface area contributed by atoms with Gasteiger partial charge in [0.15, 0.2) is 6.16 Å². The molecule has 2 aliphatic rings. The molecule has 2 fully saturated rings. The van der Waals surface area contributed by atoms with Crippen molar-refractivity contribution in [2.24, 2.45) is 5.92 Å². The van der Waals surface area contributed by atoms with Gasteiger partial charge in [0.1, 0.15) is 24.4 Å². The summed E-state index contributed by atoms with van der Waals surface area (Å²) in [7, 11) is -4.07. The Morgan fingerprint density at radius 3 is 2.07 bits per heavy atom. The number of hydrogen-bond donors (Lipinski definition) is 4. The summed E-state index contributed by atoms with van der Waals surface area (Å²) in [5.41, 5.74) is 0. The zero-order valence-electron chi connectivity index (χ0n) is 7.63. The van der Waals surface area contributed by atoms with Gasteiger partial charge in [0, 0.05) is 9.79 Å². The van der Waals surface area contributed by atoms with E-state index in [2.05, 4.69) is 4.52 Å². The normalized spacial score (nSPS) is 54.0. The Morgan fingerprint density at radius 2 is 1.47 bits per heavy atom. The highest BCUT2D eigenvalue weighted by Crippen LogP contribution is 2.64. The number of hydrogen-bond acceptors (Lipinski definition) is 5. The number of fused-ring (bicyclic) bond motifs is 1. The molecule has 0 bridgehead atoms. The monoisotopic (exact) mass is 239 g/mol. The van der Waals surface area contributed by atoms with Crippen molar-refractivity contribution in [3.8, 4) is 0 Å². The molecule has 8 heteroatoms. The highest BCUT2D eigenvalue weighted by Gasteiger charge is 2.66. The maximum atomic E-state index is 11.1. The molecule has 4 N–H and O–H groups in total. The van der Waals surface area contributed by atoms with Crippen LogP contribution in [0.2, 0.25) is 0 Å². The highest BCUT2D eigenvalue weighted by molar-refractivity contribution is 7.59. The second-order valence-electron chi connectivity index (χ2n) is 3.99. The van der Waals surface area contributed by atoms with Crippen LogP contribution in [-0.2, 0) is 14.3 Å². The van der Waals surface area contributed by atoms with E-state index in [9.17, 15) is 30.2 Å². The van der Waals surface area contributed by atoms with E-state index in [1.165, 1.54) is 0 Å². The highest BCUT2D eigenvalue weighted by atomic mass is 31.2. The van der Waals surface area contributed by atoms with Crippen molar-refractivity contribution in [2.45, 2.75) is 30.5 Å². The van der Waals surface area contributed by atoms with Crippen LogP contribution in [0.4, 0.5) is 0 Å². The molecule has 86 valence electrons. The maximum Gasteiger partial charge on any atom is 0.498 e. The van der Waals surface area contributed by atoms with Crippen LogP contribution < -0.4 is 0 Å². The van der Waals surface area contributed by atoms with Gasteiger partial charge in [-0.1, -0.05) is 0 Å². The predicted octanol–water partition coefficient (Wildman–Crippen LogP) is -1.92. The molecule has 0 spiro atoms. The molecule has 1 heterocycles. The van der Waals surface area contributed by atoms with Gasteiger partial charge in [-0.25, -0.2) is 0 Å². The molecule has 7 nitrogen and oxygen atoms in total. The smallest absolute Gasteiger partial charge is 0.390 e.